The summed E-state index contributed by atoms with van der Waals surface area (Å²) < 4.78 is 5.50. The molecule has 142 valence electrons. The first-order valence-electron chi connectivity index (χ1n) is 9.56. The lowest BCUT2D eigenvalue weighted by atomic mass is 9.98. The second kappa shape index (κ2) is 8.28. The van der Waals surface area contributed by atoms with Gasteiger partial charge in [-0.3, -0.25) is 0 Å². The lowest BCUT2D eigenvalue weighted by Gasteiger charge is -2.15. The fourth-order valence-electron chi connectivity index (χ4n) is 3.80. The predicted octanol–water partition coefficient (Wildman–Crippen LogP) is 4.65. The summed E-state index contributed by atoms with van der Waals surface area (Å²) in [6, 6.07) is 25.9. The van der Waals surface area contributed by atoms with Gasteiger partial charge < -0.3 is 15.2 Å². The lowest BCUT2D eigenvalue weighted by molar-refractivity contribution is 0.136. The van der Waals surface area contributed by atoms with Crippen molar-refractivity contribution in [1.82, 2.24) is 5.32 Å². The number of hydrogen-bond donors (Lipinski definition) is 2. The summed E-state index contributed by atoms with van der Waals surface area (Å²) in [6.07, 6.45) is -0.619. The van der Waals surface area contributed by atoms with Crippen LogP contribution < -0.4 is 5.32 Å². The summed E-state index contributed by atoms with van der Waals surface area (Å²) in [5.74, 6) is 0.0491. The molecular weight excluding hydrogens is 350 g/mol. The number of nitrogens with one attached hydrogen (secondary N) is 1. The summed E-state index contributed by atoms with van der Waals surface area (Å²) in [4.78, 5) is 12.1. The fraction of sp³-hybridized carbons (Fsp3) is 0.208. The zero-order chi connectivity index (χ0) is 19.3. The number of hydrogen-bond acceptors (Lipinski definition) is 3. The Hall–Kier alpha value is -3.11. The Morgan fingerprint density at radius 3 is 2.11 bits per heavy atom. The van der Waals surface area contributed by atoms with Crippen LogP contribution in [-0.2, 0) is 4.74 Å². The van der Waals surface area contributed by atoms with Crippen molar-refractivity contribution in [3.63, 3.8) is 0 Å². The van der Waals surface area contributed by atoms with Gasteiger partial charge in [0.05, 0.1) is 6.10 Å². The quantitative estimate of drug-likeness (QED) is 0.661. The SMILES string of the molecule is O=C(NCC[C@H](O)c1ccccc1)OCC1c2ccccc2-c2ccccc21. The van der Waals surface area contributed by atoms with Crippen molar-refractivity contribution < 1.29 is 14.6 Å². The van der Waals surface area contributed by atoms with Crippen molar-refractivity contribution in [2.45, 2.75) is 18.4 Å². The van der Waals surface area contributed by atoms with E-state index in [1.54, 1.807) is 0 Å². The highest BCUT2D eigenvalue weighted by Gasteiger charge is 2.28. The number of benzene rings is 3. The third kappa shape index (κ3) is 3.78. The number of aliphatic hydroxyl groups excluding tert-OH is 1. The van der Waals surface area contributed by atoms with Gasteiger partial charge in [-0.1, -0.05) is 78.9 Å². The highest BCUT2D eigenvalue weighted by Crippen LogP contribution is 2.44. The summed E-state index contributed by atoms with van der Waals surface area (Å²) in [7, 11) is 0. The van der Waals surface area contributed by atoms with Crippen molar-refractivity contribution >= 4 is 6.09 Å². The van der Waals surface area contributed by atoms with Gasteiger partial charge in [0.1, 0.15) is 6.61 Å². The Morgan fingerprint density at radius 2 is 1.46 bits per heavy atom. The number of aliphatic hydroxyl groups is 1. The van der Waals surface area contributed by atoms with Gasteiger partial charge in [0.2, 0.25) is 0 Å². The average molecular weight is 373 g/mol. The predicted molar refractivity (Wildman–Crippen MR) is 109 cm³/mol. The van der Waals surface area contributed by atoms with Gasteiger partial charge in [0.25, 0.3) is 0 Å². The van der Waals surface area contributed by atoms with Crippen LogP contribution in [0.2, 0.25) is 0 Å². The average Bonchev–Trinajstić information content (AvgIpc) is 3.07. The molecule has 0 aliphatic heterocycles. The minimum absolute atomic E-state index is 0.0491. The monoisotopic (exact) mass is 373 g/mol. The van der Waals surface area contributed by atoms with Gasteiger partial charge in [-0.15, -0.1) is 0 Å². The number of fused-ring (bicyclic) bond motifs is 3. The van der Waals surface area contributed by atoms with Gasteiger partial charge in [-0.25, -0.2) is 4.79 Å². The number of ether oxygens (including phenoxy) is 1. The van der Waals surface area contributed by atoms with Crippen LogP contribution in [0.4, 0.5) is 4.79 Å². The Bertz CT molecular complexity index is 909. The maximum absolute atomic E-state index is 12.1. The summed E-state index contributed by atoms with van der Waals surface area (Å²) in [6.45, 7) is 0.647. The second-order valence-electron chi connectivity index (χ2n) is 6.97. The summed E-state index contributed by atoms with van der Waals surface area (Å²) in [5, 5.41) is 12.9. The van der Waals surface area contributed by atoms with E-state index in [-0.39, 0.29) is 5.92 Å². The van der Waals surface area contributed by atoms with E-state index in [0.717, 1.165) is 5.56 Å². The maximum atomic E-state index is 12.1. The molecule has 3 aromatic carbocycles. The number of carbonyl (C=O) groups is 1. The Morgan fingerprint density at radius 1 is 0.893 bits per heavy atom. The van der Waals surface area contributed by atoms with Crippen molar-refractivity contribution in [2.24, 2.45) is 0 Å². The Balaban J connectivity index is 1.32. The maximum Gasteiger partial charge on any atom is 0.407 e. The molecule has 1 aliphatic carbocycles. The zero-order valence-electron chi connectivity index (χ0n) is 15.5. The Kier molecular flexibility index (Phi) is 5.40. The summed E-state index contributed by atoms with van der Waals surface area (Å²) in [5.41, 5.74) is 5.64. The van der Waals surface area contributed by atoms with Crippen molar-refractivity contribution in [3.05, 3.63) is 95.6 Å². The number of carbonyl (C=O) groups excluding carboxylic acids is 1. The van der Waals surface area contributed by atoms with Crippen LogP contribution in [0.5, 0.6) is 0 Å². The van der Waals surface area contributed by atoms with Crippen LogP contribution in [-0.4, -0.2) is 24.4 Å². The van der Waals surface area contributed by atoms with Gasteiger partial charge in [0.15, 0.2) is 0 Å². The van der Waals surface area contributed by atoms with E-state index in [4.69, 9.17) is 4.74 Å². The van der Waals surface area contributed by atoms with Gasteiger partial charge >= 0.3 is 6.09 Å². The van der Waals surface area contributed by atoms with Gasteiger partial charge in [0, 0.05) is 12.5 Å². The van der Waals surface area contributed by atoms with Crippen LogP contribution in [0.25, 0.3) is 11.1 Å². The molecule has 0 spiro atoms. The molecule has 1 aliphatic rings. The molecular formula is C24H23NO3. The fourth-order valence-corrected chi connectivity index (χ4v) is 3.80. The van der Waals surface area contributed by atoms with E-state index in [2.05, 4.69) is 29.6 Å². The van der Waals surface area contributed by atoms with Gasteiger partial charge in [-0.05, 0) is 34.2 Å². The first kappa shape index (κ1) is 18.3. The van der Waals surface area contributed by atoms with E-state index >= 15 is 0 Å². The smallest absolute Gasteiger partial charge is 0.407 e. The minimum atomic E-state index is -0.602. The molecule has 0 heterocycles. The van der Waals surface area contributed by atoms with Crippen LogP contribution in [0.1, 0.15) is 35.1 Å². The molecule has 1 atom stereocenters. The molecule has 0 radical (unpaired) electrons. The zero-order valence-corrected chi connectivity index (χ0v) is 15.5. The molecule has 1 amide bonds. The van der Waals surface area contributed by atoms with Crippen LogP contribution in [0, 0.1) is 0 Å². The number of amides is 1. The third-order valence-electron chi connectivity index (χ3n) is 5.22. The molecule has 4 rings (SSSR count). The number of alkyl carbamates (subject to hydrolysis) is 1. The van der Waals surface area contributed by atoms with E-state index in [9.17, 15) is 9.90 Å². The molecule has 0 fully saturated rings. The highest BCUT2D eigenvalue weighted by atomic mass is 16.5. The minimum Gasteiger partial charge on any atom is -0.449 e. The van der Waals surface area contributed by atoms with Crippen LogP contribution in [0.15, 0.2) is 78.9 Å². The highest BCUT2D eigenvalue weighted by molar-refractivity contribution is 5.79. The van der Waals surface area contributed by atoms with Crippen molar-refractivity contribution in [2.75, 3.05) is 13.2 Å². The molecule has 0 bridgehead atoms. The first-order chi connectivity index (χ1) is 13.7. The van der Waals surface area contributed by atoms with Crippen molar-refractivity contribution in [3.8, 4) is 11.1 Å². The normalized spacial score (nSPS) is 13.5. The summed E-state index contributed by atoms with van der Waals surface area (Å²) >= 11 is 0. The second-order valence-corrected chi connectivity index (χ2v) is 6.97. The molecule has 4 heteroatoms. The van der Waals surface area contributed by atoms with Crippen LogP contribution >= 0.6 is 0 Å². The van der Waals surface area contributed by atoms with E-state index < -0.39 is 12.2 Å². The first-order valence-corrected chi connectivity index (χ1v) is 9.56. The molecule has 3 aromatic rings. The van der Waals surface area contributed by atoms with Crippen LogP contribution in [0.3, 0.4) is 0 Å². The molecule has 2 N–H and O–H groups in total. The molecule has 28 heavy (non-hydrogen) atoms. The lowest BCUT2D eigenvalue weighted by Crippen LogP contribution is -2.27. The standard InChI is InChI=1S/C24H23NO3/c26-23(17-8-2-1-3-9-17)14-15-25-24(27)28-16-22-20-12-6-4-10-18(20)19-11-5-7-13-21(19)22/h1-13,22-23,26H,14-16H2,(H,25,27)/t23-/m0/s1. The van der Waals surface area contributed by atoms with E-state index in [0.29, 0.717) is 19.6 Å². The molecule has 0 saturated heterocycles. The van der Waals surface area contributed by atoms with E-state index in [1.165, 1.54) is 22.3 Å². The van der Waals surface area contributed by atoms with Gasteiger partial charge in [-0.2, -0.15) is 0 Å². The molecule has 4 nitrogen and oxygen atoms in total. The van der Waals surface area contributed by atoms with E-state index in [1.807, 2.05) is 54.6 Å². The number of rotatable bonds is 6. The molecule has 0 saturated carbocycles. The Labute approximate surface area is 164 Å². The third-order valence-corrected chi connectivity index (χ3v) is 5.22. The van der Waals surface area contributed by atoms with Crippen molar-refractivity contribution in [1.29, 1.82) is 0 Å². The molecule has 0 aromatic heterocycles. The molecule has 0 unspecified atom stereocenters. The topological polar surface area (TPSA) is 58.6 Å². The largest absolute Gasteiger partial charge is 0.449 e.